The minimum Gasteiger partial charge on any atom is -0.360 e. The topological polar surface area (TPSA) is 50.7 Å². The van der Waals surface area contributed by atoms with Gasteiger partial charge in [0.1, 0.15) is 5.82 Å². The van der Waals surface area contributed by atoms with E-state index >= 15 is 0 Å². The fourth-order valence-electron chi connectivity index (χ4n) is 1.13. The van der Waals surface area contributed by atoms with Gasteiger partial charge >= 0.3 is 0 Å². The van der Waals surface area contributed by atoms with Crippen molar-refractivity contribution in [1.29, 1.82) is 0 Å². The van der Waals surface area contributed by atoms with Crippen molar-refractivity contribution in [2.45, 2.75) is 19.8 Å². The molecule has 0 aliphatic carbocycles. The Labute approximate surface area is 96.6 Å². The van der Waals surface area contributed by atoms with E-state index in [1.807, 2.05) is 5.51 Å². The molecule has 15 heavy (non-hydrogen) atoms. The summed E-state index contributed by atoms with van der Waals surface area (Å²) in [4.78, 5) is 8.54. The summed E-state index contributed by atoms with van der Waals surface area (Å²) in [6.45, 7) is 2.92. The summed E-state index contributed by atoms with van der Waals surface area (Å²) < 4.78 is 4.20. The summed E-state index contributed by atoms with van der Waals surface area (Å²) in [6, 6.07) is 0. The lowest BCUT2D eigenvalue weighted by Crippen LogP contribution is -2.04. The Morgan fingerprint density at radius 1 is 1.47 bits per heavy atom. The van der Waals surface area contributed by atoms with Crippen LogP contribution < -0.4 is 5.32 Å². The molecular formula is C9H12N4S2. The van der Waals surface area contributed by atoms with E-state index in [0.29, 0.717) is 0 Å². The molecule has 0 spiro atoms. The summed E-state index contributed by atoms with van der Waals surface area (Å²) in [7, 11) is 0. The van der Waals surface area contributed by atoms with Crippen LogP contribution in [0.2, 0.25) is 0 Å². The van der Waals surface area contributed by atoms with Gasteiger partial charge in [0.05, 0.1) is 11.2 Å². The number of hydrogen-bond acceptors (Lipinski definition) is 6. The van der Waals surface area contributed by atoms with Crippen LogP contribution in [0.3, 0.4) is 0 Å². The van der Waals surface area contributed by atoms with Gasteiger partial charge in [-0.1, -0.05) is 6.92 Å². The van der Waals surface area contributed by atoms with E-state index in [1.54, 1.807) is 11.3 Å². The molecule has 6 heteroatoms. The van der Waals surface area contributed by atoms with E-state index < -0.39 is 0 Å². The van der Waals surface area contributed by atoms with Crippen LogP contribution in [0.15, 0.2) is 10.9 Å². The van der Waals surface area contributed by atoms with E-state index in [0.717, 1.165) is 36.0 Å². The van der Waals surface area contributed by atoms with Crippen molar-refractivity contribution in [2.24, 2.45) is 0 Å². The Morgan fingerprint density at radius 3 is 3.07 bits per heavy atom. The van der Waals surface area contributed by atoms with Crippen molar-refractivity contribution in [2.75, 3.05) is 11.9 Å². The predicted octanol–water partition coefficient (Wildman–Crippen LogP) is 2.21. The molecule has 0 saturated carbocycles. The predicted molar refractivity (Wildman–Crippen MR) is 63.6 cm³/mol. The minimum atomic E-state index is 0.863. The van der Waals surface area contributed by atoms with E-state index in [1.165, 1.54) is 11.5 Å². The summed E-state index contributed by atoms with van der Waals surface area (Å²) in [5.74, 6) is 0.913. The second-order valence-electron chi connectivity index (χ2n) is 3.03. The monoisotopic (exact) mass is 240 g/mol. The third kappa shape index (κ3) is 2.97. The van der Waals surface area contributed by atoms with Crippen LogP contribution >= 0.6 is 22.9 Å². The summed E-state index contributed by atoms with van der Waals surface area (Å²) >= 11 is 3.05. The molecule has 80 valence electrons. The molecule has 0 unspecified atom stereocenters. The highest BCUT2D eigenvalue weighted by atomic mass is 32.1. The van der Waals surface area contributed by atoms with Gasteiger partial charge in [-0.2, -0.15) is 4.37 Å². The van der Waals surface area contributed by atoms with Crippen LogP contribution in [0.5, 0.6) is 0 Å². The van der Waals surface area contributed by atoms with Crippen molar-refractivity contribution in [3.8, 4) is 0 Å². The highest BCUT2D eigenvalue weighted by molar-refractivity contribution is 7.09. The fourth-order valence-corrected chi connectivity index (χ4v) is 2.40. The number of thiazole rings is 1. The highest BCUT2D eigenvalue weighted by Crippen LogP contribution is 2.11. The molecule has 0 radical (unpaired) electrons. The number of aromatic nitrogens is 3. The number of nitrogens with one attached hydrogen (secondary N) is 1. The lowest BCUT2D eigenvalue weighted by atomic mass is 10.3. The SMILES string of the molecule is CCc1nsc(NCCc2cscn2)n1. The first-order valence-corrected chi connectivity index (χ1v) is 6.53. The Morgan fingerprint density at radius 2 is 2.40 bits per heavy atom. The fraction of sp³-hybridized carbons (Fsp3) is 0.444. The number of rotatable bonds is 5. The minimum absolute atomic E-state index is 0.863. The van der Waals surface area contributed by atoms with Crippen LogP contribution in [0, 0.1) is 0 Å². The van der Waals surface area contributed by atoms with Gasteiger partial charge in [0.25, 0.3) is 0 Å². The van der Waals surface area contributed by atoms with Gasteiger partial charge in [-0.05, 0) is 0 Å². The lowest BCUT2D eigenvalue weighted by molar-refractivity contribution is 0.959. The quantitative estimate of drug-likeness (QED) is 0.870. The average molecular weight is 240 g/mol. The summed E-state index contributed by atoms with van der Waals surface area (Å²) in [6.07, 6.45) is 1.83. The van der Waals surface area contributed by atoms with Gasteiger partial charge < -0.3 is 5.32 Å². The van der Waals surface area contributed by atoms with Crippen molar-refractivity contribution < 1.29 is 0 Å². The largest absolute Gasteiger partial charge is 0.360 e. The van der Waals surface area contributed by atoms with Crippen molar-refractivity contribution in [1.82, 2.24) is 14.3 Å². The molecule has 4 nitrogen and oxygen atoms in total. The molecule has 0 fully saturated rings. The smallest absolute Gasteiger partial charge is 0.202 e. The van der Waals surface area contributed by atoms with Crippen LogP contribution in [0.4, 0.5) is 5.13 Å². The van der Waals surface area contributed by atoms with E-state index in [2.05, 4.69) is 32.0 Å². The number of aryl methyl sites for hydroxylation is 1. The van der Waals surface area contributed by atoms with Gasteiger partial charge in [-0.25, -0.2) is 9.97 Å². The molecule has 0 bridgehead atoms. The second kappa shape index (κ2) is 5.18. The number of nitrogens with zero attached hydrogens (tertiary/aromatic N) is 3. The molecule has 0 amide bonds. The Bertz CT molecular complexity index is 396. The maximum absolute atomic E-state index is 4.33. The molecule has 2 heterocycles. The third-order valence-corrected chi connectivity index (χ3v) is 3.27. The van der Waals surface area contributed by atoms with Crippen molar-refractivity contribution >= 4 is 28.0 Å². The number of anilines is 1. The molecular weight excluding hydrogens is 228 g/mol. The van der Waals surface area contributed by atoms with E-state index in [4.69, 9.17) is 0 Å². The molecule has 2 rings (SSSR count). The lowest BCUT2D eigenvalue weighted by Gasteiger charge is -1.98. The molecule has 2 aromatic heterocycles. The van der Waals surface area contributed by atoms with Gasteiger partial charge in [0.2, 0.25) is 5.13 Å². The van der Waals surface area contributed by atoms with Crippen LogP contribution in [0.1, 0.15) is 18.4 Å². The second-order valence-corrected chi connectivity index (χ2v) is 4.50. The molecule has 2 aromatic rings. The highest BCUT2D eigenvalue weighted by Gasteiger charge is 2.01. The van der Waals surface area contributed by atoms with Crippen LogP contribution in [-0.4, -0.2) is 20.9 Å². The van der Waals surface area contributed by atoms with Gasteiger partial charge in [-0.15, -0.1) is 11.3 Å². The zero-order chi connectivity index (χ0) is 10.5. The first kappa shape index (κ1) is 10.5. The van der Waals surface area contributed by atoms with Crippen LogP contribution in [-0.2, 0) is 12.8 Å². The van der Waals surface area contributed by atoms with E-state index in [-0.39, 0.29) is 0 Å². The average Bonchev–Trinajstić information content (AvgIpc) is 2.88. The molecule has 0 aromatic carbocycles. The third-order valence-electron chi connectivity index (χ3n) is 1.93. The Balaban J connectivity index is 1.78. The molecule has 0 aliphatic heterocycles. The van der Waals surface area contributed by atoms with Crippen molar-refractivity contribution in [3.05, 3.63) is 22.4 Å². The zero-order valence-corrected chi connectivity index (χ0v) is 10.1. The maximum atomic E-state index is 4.33. The first-order chi connectivity index (χ1) is 7.38. The standard InChI is InChI=1S/C9H12N4S2/c1-2-8-12-9(15-13-8)10-4-3-7-5-14-6-11-7/h5-6H,2-4H2,1H3,(H,10,12,13). The van der Waals surface area contributed by atoms with Crippen LogP contribution in [0.25, 0.3) is 0 Å². The van der Waals surface area contributed by atoms with Gasteiger partial charge in [-0.3, -0.25) is 0 Å². The molecule has 0 saturated heterocycles. The van der Waals surface area contributed by atoms with Gasteiger partial charge in [0.15, 0.2) is 0 Å². The van der Waals surface area contributed by atoms with Crippen molar-refractivity contribution in [3.63, 3.8) is 0 Å². The summed E-state index contributed by atoms with van der Waals surface area (Å²) in [5, 5.41) is 6.22. The first-order valence-electron chi connectivity index (χ1n) is 4.82. The molecule has 1 N–H and O–H groups in total. The van der Waals surface area contributed by atoms with E-state index in [9.17, 15) is 0 Å². The molecule has 0 aliphatic rings. The molecule has 0 atom stereocenters. The Kier molecular flexibility index (Phi) is 3.63. The summed E-state index contributed by atoms with van der Waals surface area (Å²) in [5.41, 5.74) is 2.99. The maximum Gasteiger partial charge on any atom is 0.202 e. The Hall–Kier alpha value is -1.01. The zero-order valence-electron chi connectivity index (χ0n) is 8.43. The van der Waals surface area contributed by atoms with Gasteiger partial charge in [0, 0.05) is 36.3 Å². The normalized spacial score (nSPS) is 10.5. The number of hydrogen-bond donors (Lipinski definition) is 1.